The van der Waals surface area contributed by atoms with Crippen molar-refractivity contribution in [2.24, 2.45) is 0 Å². The van der Waals surface area contributed by atoms with Crippen molar-refractivity contribution in [1.82, 2.24) is 9.97 Å². The maximum Gasteiger partial charge on any atom is 0.258 e. The number of aryl methyl sites for hydroxylation is 1. The second-order valence-corrected chi connectivity index (χ2v) is 9.60. The summed E-state index contributed by atoms with van der Waals surface area (Å²) in [5.41, 5.74) is 8.98. The van der Waals surface area contributed by atoms with Crippen molar-refractivity contribution in [3.8, 4) is 28.6 Å². The highest BCUT2D eigenvalue weighted by Crippen LogP contribution is 2.36. The van der Waals surface area contributed by atoms with Gasteiger partial charge in [-0.1, -0.05) is 11.6 Å². The molecule has 2 heterocycles. The summed E-state index contributed by atoms with van der Waals surface area (Å²) in [7, 11) is -2.93. The molecule has 0 fully saturated rings. The van der Waals surface area contributed by atoms with Crippen LogP contribution in [0.2, 0.25) is 0 Å². The number of aromatic nitrogens is 2. The van der Waals surface area contributed by atoms with E-state index in [0.29, 0.717) is 34.3 Å². The number of fused-ring (bicyclic) bond motifs is 5. The Morgan fingerprint density at radius 1 is 1.13 bits per heavy atom. The van der Waals surface area contributed by atoms with Gasteiger partial charge < -0.3 is 19.9 Å². The average molecular weight is 441 g/mol. The van der Waals surface area contributed by atoms with Crippen molar-refractivity contribution in [2.45, 2.75) is 24.8 Å². The molecule has 162 valence electrons. The van der Waals surface area contributed by atoms with Gasteiger partial charge in [0.25, 0.3) is 5.88 Å². The number of nitrogens with zero attached hydrogens (tertiary/aromatic N) is 2. The Morgan fingerprint density at radius 3 is 2.58 bits per heavy atom. The molecule has 4 rings (SSSR count). The Hall–Kier alpha value is -3.33. The standard InChI is InChI=1S/C22H24N4O4S/c1-13-4-6-19-16(10-13)14(2)30-22-21(23)25-12-18(26-22)17-11-15(31(3,24)27)5-7-20(17)29-9-8-28-19/h4-7,10-12,14,24H,8-9H2,1-3H3,(H2,23,25)/t14-,31?/m1/s1. The third-order valence-corrected chi connectivity index (χ3v) is 6.09. The lowest BCUT2D eigenvalue weighted by Gasteiger charge is -2.19. The molecule has 1 aromatic heterocycles. The normalized spacial score (nSPS) is 17.7. The van der Waals surface area contributed by atoms with Crippen LogP contribution in [0.1, 0.15) is 24.2 Å². The number of nitrogen functional groups attached to an aromatic ring is 1. The summed E-state index contributed by atoms with van der Waals surface area (Å²) in [6.07, 6.45) is 2.48. The number of nitrogens with two attached hydrogens (primary N) is 1. The van der Waals surface area contributed by atoms with Crippen LogP contribution in [-0.4, -0.2) is 33.6 Å². The third kappa shape index (κ3) is 4.41. The molecule has 2 bridgehead atoms. The molecule has 3 N–H and O–H groups in total. The van der Waals surface area contributed by atoms with E-state index in [1.807, 2.05) is 32.0 Å². The van der Waals surface area contributed by atoms with Crippen molar-refractivity contribution in [2.75, 3.05) is 25.2 Å². The summed E-state index contributed by atoms with van der Waals surface area (Å²) in [6, 6.07) is 10.8. The molecule has 0 radical (unpaired) electrons. The number of ether oxygens (including phenoxy) is 3. The van der Waals surface area contributed by atoms with Crippen molar-refractivity contribution >= 4 is 15.5 Å². The summed E-state index contributed by atoms with van der Waals surface area (Å²) in [5.74, 6) is 1.53. The molecule has 0 saturated carbocycles. The molecule has 2 aromatic carbocycles. The Balaban J connectivity index is 1.85. The monoisotopic (exact) mass is 440 g/mol. The summed E-state index contributed by atoms with van der Waals surface area (Å²) < 4.78 is 38.2. The number of hydrogen-bond acceptors (Lipinski definition) is 8. The van der Waals surface area contributed by atoms with E-state index in [-0.39, 0.29) is 18.3 Å². The lowest BCUT2D eigenvalue weighted by molar-refractivity contribution is 0.195. The minimum Gasteiger partial charge on any atom is -0.490 e. The number of nitrogens with one attached hydrogen (secondary N) is 1. The molecule has 0 amide bonds. The second-order valence-electron chi connectivity index (χ2n) is 7.45. The van der Waals surface area contributed by atoms with Gasteiger partial charge in [-0.25, -0.2) is 19.0 Å². The molecule has 1 aliphatic heterocycles. The van der Waals surface area contributed by atoms with Gasteiger partial charge in [-0.3, -0.25) is 0 Å². The van der Waals surface area contributed by atoms with E-state index in [0.717, 1.165) is 11.1 Å². The third-order valence-electron chi connectivity index (χ3n) is 4.93. The predicted molar refractivity (Wildman–Crippen MR) is 118 cm³/mol. The molecule has 1 unspecified atom stereocenters. The summed E-state index contributed by atoms with van der Waals surface area (Å²) >= 11 is 0. The quantitative estimate of drug-likeness (QED) is 0.587. The Labute approximate surface area is 181 Å². The summed E-state index contributed by atoms with van der Waals surface area (Å²) in [5, 5.41) is 0. The van der Waals surface area contributed by atoms with Gasteiger partial charge in [0.05, 0.1) is 21.6 Å². The molecule has 31 heavy (non-hydrogen) atoms. The van der Waals surface area contributed by atoms with Crippen molar-refractivity contribution in [3.63, 3.8) is 0 Å². The van der Waals surface area contributed by atoms with Crippen LogP contribution in [0, 0.1) is 11.7 Å². The predicted octanol–water partition coefficient (Wildman–Crippen LogP) is 3.98. The lowest BCUT2D eigenvalue weighted by Crippen LogP contribution is -2.12. The summed E-state index contributed by atoms with van der Waals surface area (Å²) in [4.78, 5) is 9.17. The molecule has 1 aliphatic rings. The Morgan fingerprint density at radius 2 is 1.84 bits per heavy atom. The van der Waals surface area contributed by atoms with E-state index in [9.17, 15) is 4.21 Å². The van der Waals surface area contributed by atoms with Gasteiger partial charge in [0, 0.05) is 22.3 Å². The number of hydrogen-bond donors (Lipinski definition) is 2. The average Bonchev–Trinajstić information content (AvgIpc) is 2.73. The van der Waals surface area contributed by atoms with Gasteiger partial charge in [-0.05, 0) is 44.2 Å². The van der Waals surface area contributed by atoms with Gasteiger partial charge in [0.15, 0.2) is 5.82 Å². The smallest absolute Gasteiger partial charge is 0.258 e. The minimum absolute atomic E-state index is 0.152. The highest BCUT2D eigenvalue weighted by atomic mass is 32.2. The number of benzene rings is 2. The highest BCUT2D eigenvalue weighted by molar-refractivity contribution is 7.91. The van der Waals surface area contributed by atoms with Crippen LogP contribution in [0.5, 0.6) is 17.4 Å². The van der Waals surface area contributed by atoms with Gasteiger partial charge in [0.1, 0.15) is 30.8 Å². The molecule has 3 aromatic rings. The first kappa shape index (κ1) is 20.9. The number of anilines is 1. The van der Waals surface area contributed by atoms with Crippen LogP contribution in [-0.2, 0) is 9.73 Å². The fourth-order valence-electron chi connectivity index (χ4n) is 3.33. The fraction of sp³-hybridized carbons (Fsp3) is 0.273. The molecule has 0 aliphatic carbocycles. The zero-order chi connectivity index (χ0) is 22.2. The lowest BCUT2D eigenvalue weighted by atomic mass is 10.1. The van der Waals surface area contributed by atoms with Crippen molar-refractivity contribution in [1.29, 1.82) is 4.78 Å². The molecule has 8 nitrogen and oxygen atoms in total. The molecule has 9 heteroatoms. The maximum absolute atomic E-state index is 12.3. The van der Waals surface area contributed by atoms with E-state index in [4.69, 9.17) is 24.7 Å². The summed E-state index contributed by atoms with van der Waals surface area (Å²) in [6.45, 7) is 4.49. The first-order valence-electron chi connectivity index (χ1n) is 9.76. The zero-order valence-electron chi connectivity index (χ0n) is 17.5. The molecular formula is C22H24N4O4S. The Bertz CT molecular complexity index is 1240. The second kappa shape index (κ2) is 8.07. The number of rotatable bonds is 1. The maximum atomic E-state index is 12.3. The van der Waals surface area contributed by atoms with E-state index in [1.165, 1.54) is 12.5 Å². The van der Waals surface area contributed by atoms with Crippen LogP contribution in [0.15, 0.2) is 47.5 Å². The SMILES string of the molecule is Cc1ccc2c(c1)[C@@H](C)Oc1nc(cnc1N)-c1cc(S(C)(=N)=O)ccc1OCCO2. The van der Waals surface area contributed by atoms with Gasteiger partial charge in [-0.15, -0.1) is 0 Å². The molecule has 0 saturated heterocycles. The first-order valence-corrected chi connectivity index (χ1v) is 11.7. The molecule has 0 spiro atoms. The van der Waals surface area contributed by atoms with E-state index < -0.39 is 15.8 Å². The van der Waals surface area contributed by atoms with Gasteiger partial charge >= 0.3 is 0 Å². The van der Waals surface area contributed by atoms with Crippen LogP contribution in [0.4, 0.5) is 5.82 Å². The fourth-order valence-corrected chi connectivity index (χ4v) is 4.00. The van der Waals surface area contributed by atoms with Crippen LogP contribution >= 0.6 is 0 Å². The Kier molecular flexibility index (Phi) is 5.45. The van der Waals surface area contributed by atoms with Crippen molar-refractivity contribution < 1.29 is 18.4 Å². The van der Waals surface area contributed by atoms with Crippen molar-refractivity contribution in [3.05, 3.63) is 53.7 Å². The van der Waals surface area contributed by atoms with Crippen LogP contribution < -0.4 is 19.9 Å². The topological polar surface area (TPSA) is 120 Å². The van der Waals surface area contributed by atoms with Crippen LogP contribution in [0.3, 0.4) is 0 Å². The molecule has 2 atom stereocenters. The van der Waals surface area contributed by atoms with Crippen LogP contribution in [0.25, 0.3) is 11.3 Å². The van der Waals surface area contributed by atoms with E-state index in [2.05, 4.69) is 9.97 Å². The molecular weight excluding hydrogens is 416 g/mol. The minimum atomic E-state index is -2.93. The highest BCUT2D eigenvalue weighted by Gasteiger charge is 2.20. The van der Waals surface area contributed by atoms with Gasteiger partial charge in [-0.2, -0.15) is 0 Å². The first-order chi connectivity index (χ1) is 14.7. The zero-order valence-corrected chi connectivity index (χ0v) is 18.4. The van der Waals surface area contributed by atoms with Gasteiger partial charge in [0.2, 0.25) is 0 Å². The van der Waals surface area contributed by atoms with E-state index in [1.54, 1.807) is 18.2 Å². The van der Waals surface area contributed by atoms with E-state index >= 15 is 0 Å². The largest absolute Gasteiger partial charge is 0.490 e.